The summed E-state index contributed by atoms with van der Waals surface area (Å²) in [5.74, 6) is -0.0950. The van der Waals surface area contributed by atoms with Crippen LogP contribution in [0, 0.1) is 5.41 Å². The number of hydrogen-bond donors (Lipinski definition) is 4. The number of aryl methyl sites for hydroxylation is 1. The molecule has 0 fully saturated rings. The van der Waals surface area contributed by atoms with Gasteiger partial charge in [-0.25, -0.2) is 9.78 Å². The number of nitrogens with one attached hydrogen (secondary N) is 2. The molecular weight excluding hydrogens is 318 g/mol. The molecule has 0 saturated heterocycles. The fourth-order valence-corrected chi connectivity index (χ4v) is 2.75. The number of imidazole rings is 1. The van der Waals surface area contributed by atoms with Crippen molar-refractivity contribution in [1.29, 1.82) is 5.41 Å². The molecule has 1 aromatic heterocycles. The Bertz CT molecular complexity index is 944. The van der Waals surface area contributed by atoms with Gasteiger partial charge in [-0.05, 0) is 49.4 Å². The lowest BCUT2D eigenvalue weighted by Gasteiger charge is -2.09. The second kappa shape index (κ2) is 6.64. The molecule has 0 atom stereocenters. The van der Waals surface area contributed by atoms with E-state index >= 15 is 0 Å². The number of nitrogens with two attached hydrogens (primary N) is 1. The van der Waals surface area contributed by atoms with Crippen LogP contribution in [0.2, 0.25) is 0 Å². The van der Waals surface area contributed by atoms with Crippen molar-refractivity contribution in [3.8, 4) is 0 Å². The zero-order valence-electron chi connectivity index (χ0n) is 13.8. The molecule has 7 nitrogen and oxygen atoms in total. The summed E-state index contributed by atoms with van der Waals surface area (Å²) < 4.78 is 2.05. The van der Waals surface area contributed by atoms with E-state index in [4.69, 9.17) is 16.2 Å². The highest BCUT2D eigenvalue weighted by atomic mass is 16.4. The molecule has 0 radical (unpaired) electrons. The SMILES string of the molecule is CCn1c(CNc2ccc(C(=N)N)cc2)nc2cc(C(=O)O)ccc21. The molecule has 3 rings (SSSR count). The van der Waals surface area contributed by atoms with E-state index in [1.807, 2.05) is 19.1 Å². The smallest absolute Gasteiger partial charge is 0.335 e. The van der Waals surface area contributed by atoms with Gasteiger partial charge in [-0.3, -0.25) is 5.41 Å². The fraction of sp³-hybridized carbons (Fsp3) is 0.167. The Morgan fingerprint density at radius 2 is 1.92 bits per heavy atom. The minimum Gasteiger partial charge on any atom is -0.478 e. The van der Waals surface area contributed by atoms with Crippen molar-refractivity contribution in [2.75, 3.05) is 5.32 Å². The highest BCUT2D eigenvalue weighted by Gasteiger charge is 2.12. The Labute approximate surface area is 144 Å². The van der Waals surface area contributed by atoms with Crippen LogP contribution < -0.4 is 11.1 Å². The van der Waals surface area contributed by atoms with Crippen LogP contribution in [0.4, 0.5) is 5.69 Å². The summed E-state index contributed by atoms with van der Waals surface area (Å²) in [5.41, 5.74) is 8.83. The molecule has 5 N–H and O–H groups in total. The standard InChI is InChI=1S/C18H19N5O2/c1-2-23-15-8-5-12(18(24)25)9-14(15)22-16(23)10-21-13-6-3-11(4-7-13)17(19)20/h3-9,21H,2,10H2,1H3,(H3,19,20)(H,24,25). The summed E-state index contributed by atoms with van der Waals surface area (Å²) in [6.45, 7) is 3.27. The van der Waals surface area contributed by atoms with Gasteiger partial charge in [0.25, 0.3) is 0 Å². The maximum absolute atomic E-state index is 11.1. The summed E-state index contributed by atoms with van der Waals surface area (Å²) in [6.07, 6.45) is 0. The van der Waals surface area contributed by atoms with Gasteiger partial charge < -0.3 is 20.7 Å². The van der Waals surface area contributed by atoms with Crippen molar-refractivity contribution in [2.45, 2.75) is 20.0 Å². The molecule has 1 heterocycles. The number of carboxylic acids is 1. The van der Waals surface area contributed by atoms with Crippen LogP contribution in [0.5, 0.6) is 0 Å². The Morgan fingerprint density at radius 1 is 1.24 bits per heavy atom. The first kappa shape index (κ1) is 16.5. The first-order valence-corrected chi connectivity index (χ1v) is 7.90. The van der Waals surface area contributed by atoms with E-state index in [1.54, 1.807) is 30.3 Å². The van der Waals surface area contributed by atoms with Crippen molar-refractivity contribution in [1.82, 2.24) is 9.55 Å². The maximum atomic E-state index is 11.1. The summed E-state index contributed by atoms with van der Waals surface area (Å²) in [4.78, 5) is 15.7. The lowest BCUT2D eigenvalue weighted by atomic mass is 10.2. The molecule has 0 saturated carbocycles. The van der Waals surface area contributed by atoms with Gasteiger partial charge in [0.15, 0.2) is 0 Å². The van der Waals surface area contributed by atoms with Gasteiger partial charge in [0.2, 0.25) is 0 Å². The topological polar surface area (TPSA) is 117 Å². The average molecular weight is 337 g/mol. The van der Waals surface area contributed by atoms with Gasteiger partial charge in [0.05, 0.1) is 23.1 Å². The maximum Gasteiger partial charge on any atom is 0.335 e. The number of aromatic carboxylic acids is 1. The molecule has 0 spiro atoms. The molecule has 0 aliphatic heterocycles. The molecule has 0 aliphatic rings. The molecule has 2 aromatic carbocycles. The number of benzene rings is 2. The molecule has 7 heteroatoms. The summed E-state index contributed by atoms with van der Waals surface area (Å²) in [5, 5.41) is 19.8. The number of carboxylic acid groups (broad SMARTS) is 1. The Hall–Kier alpha value is -3.35. The van der Waals surface area contributed by atoms with Gasteiger partial charge in [-0.1, -0.05) is 0 Å². The van der Waals surface area contributed by atoms with E-state index in [2.05, 4.69) is 14.9 Å². The molecule has 128 valence electrons. The lowest BCUT2D eigenvalue weighted by molar-refractivity contribution is 0.0697. The first-order chi connectivity index (χ1) is 12.0. The van der Waals surface area contributed by atoms with E-state index in [0.29, 0.717) is 17.6 Å². The Kier molecular flexibility index (Phi) is 4.38. The van der Waals surface area contributed by atoms with Gasteiger partial charge in [0, 0.05) is 17.8 Å². The number of aromatic nitrogens is 2. The number of hydrogen-bond acceptors (Lipinski definition) is 4. The van der Waals surface area contributed by atoms with Crippen molar-refractivity contribution >= 4 is 28.5 Å². The number of anilines is 1. The Morgan fingerprint density at radius 3 is 2.52 bits per heavy atom. The third kappa shape index (κ3) is 3.30. The third-order valence-corrected chi connectivity index (χ3v) is 4.04. The molecular formula is C18H19N5O2. The summed E-state index contributed by atoms with van der Waals surface area (Å²) in [7, 11) is 0. The quantitative estimate of drug-likeness (QED) is 0.407. The normalized spacial score (nSPS) is 10.8. The minimum absolute atomic E-state index is 0.0357. The predicted octanol–water partition coefficient (Wildman–Crippen LogP) is 2.65. The molecule has 3 aromatic rings. The van der Waals surface area contributed by atoms with Crippen LogP contribution >= 0.6 is 0 Å². The fourth-order valence-electron chi connectivity index (χ4n) is 2.75. The number of amidine groups is 1. The van der Waals surface area contributed by atoms with Crippen LogP contribution in [0.1, 0.15) is 28.7 Å². The van der Waals surface area contributed by atoms with E-state index < -0.39 is 5.97 Å². The molecule has 0 unspecified atom stereocenters. The molecule has 25 heavy (non-hydrogen) atoms. The summed E-state index contributed by atoms with van der Waals surface area (Å²) >= 11 is 0. The van der Waals surface area contributed by atoms with Crippen LogP contribution in [0.15, 0.2) is 42.5 Å². The first-order valence-electron chi connectivity index (χ1n) is 7.90. The second-order valence-electron chi connectivity index (χ2n) is 5.63. The predicted molar refractivity (Wildman–Crippen MR) is 97.2 cm³/mol. The monoisotopic (exact) mass is 337 g/mol. The molecule has 0 bridgehead atoms. The van der Waals surface area contributed by atoms with E-state index in [9.17, 15) is 4.79 Å². The van der Waals surface area contributed by atoms with E-state index in [-0.39, 0.29) is 11.4 Å². The number of fused-ring (bicyclic) bond motifs is 1. The highest BCUT2D eigenvalue weighted by Crippen LogP contribution is 2.19. The largest absolute Gasteiger partial charge is 0.478 e. The van der Waals surface area contributed by atoms with E-state index in [0.717, 1.165) is 23.6 Å². The van der Waals surface area contributed by atoms with Gasteiger partial charge in [-0.2, -0.15) is 0 Å². The van der Waals surface area contributed by atoms with Gasteiger partial charge in [0.1, 0.15) is 11.7 Å². The van der Waals surface area contributed by atoms with Crippen LogP contribution in [0.25, 0.3) is 11.0 Å². The Balaban J connectivity index is 1.85. The second-order valence-corrected chi connectivity index (χ2v) is 5.63. The van der Waals surface area contributed by atoms with Crippen LogP contribution in [0.3, 0.4) is 0 Å². The minimum atomic E-state index is -0.960. The number of nitrogens with zero attached hydrogens (tertiary/aromatic N) is 2. The zero-order valence-corrected chi connectivity index (χ0v) is 13.8. The van der Waals surface area contributed by atoms with Crippen molar-refractivity contribution in [2.24, 2.45) is 5.73 Å². The number of carbonyl (C=O) groups is 1. The van der Waals surface area contributed by atoms with Crippen LogP contribution in [-0.2, 0) is 13.1 Å². The van der Waals surface area contributed by atoms with Crippen molar-refractivity contribution < 1.29 is 9.90 Å². The van der Waals surface area contributed by atoms with Crippen molar-refractivity contribution in [3.63, 3.8) is 0 Å². The average Bonchev–Trinajstić information content (AvgIpc) is 2.96. The third-order valence-electron chi connectivity index (χ3n) is 4.04. The summed E-state index contributed by atoms with van der Waals surface area (Å²) in [6, 6.07) is 12.3. The zero-order chi connectivity index (χ0) is 18.0. The number of nitrogen functional groups attached to an aromatic ring is 1. The highest BCUT2D eigenvalue weighted by molar-refractivity contribution is 5.95. The molecule has 0 aliphatic carbocycles. The lowest BCUT2D eigenvalue weighted by Crippen LogP contribution is -2.11. The molecule has 0 amide bonds. The van der Waals surface area contributed by atoms with Crippen molar-refractivity contribution in [3.05, 3.63) is 59.4 Å². The van der Waals surface area contributed by atoms with E-state index in [1.165, 1.54) is 0 Å². The number of rotatable bonds is 6. The van der Waals surface area contributed by atoms with Gasteiger partial charge in [-0.15, -0.1) is 0 Å². The van der Waals surface area contributed by atoms with Crippen LogP contribution in [-0.4, -0.2) is 26.5 Å². The van der Waals surface area contributed by atoms with Gasteiger partial charge >= 0.3 is 5.97 Å².